The second kappa shape index (κ2) is 11.6. The van der Waals surface area contributed by atoms with Crippen molar-refractivity contribution in [1.82, 2.24) is 9.80 Å². The summed E-state index contributed by atoms with van der Waals surface area (Å²) in [6.07, 6.45) is 1.38. The summed E-state index contributed by atoms with van der Waals surface area (Å²) in [4.78, 5) is 41.2. The molecule has 0 saturated carbocycles. The average Bonchev–Trinajstić information content (AvgIpc) is 3.36. The van der Waals surface area contributed by atoms with E-state index in [2.05, 4.69) is 0 Å². The number of carbonyl (C=O) groups excluding carboxylic acids is 3. The Kier molecular flexibility index (Phi) is 9.86. The Balaban J connectivity index is 0.000000989. The third-order valence-corrected chi connectivity index (χ3v) is 5.08. The molecule has 2 amide bonds. The smallest absolute Gasteiger partial charge is 0.328 e. The van der Waals surface area contributed by atoms with Crippen LogP contribution in [0.5, 0.6) is 0 Å². The monoisotopic (exact) mass is 404 g/mol. The predicted octanol–water partition coefficient (Wildman–Crippen LogP) is 3.88. The average molecular weight is 405 g/mol. The van der Waals surface area contributed by atoms with Crippen molar-refractivity contribution in [3.05, 3.63) is 35.4 Å². The van der Waals surface area contributed by atoms with Gasteiger partial charge < -0.3 is 14.5 Å². The first kappa shape index (κ1) is 24.7. The summed E-state index contributed by atoms with van der Waals surface area (Å²) in [5.41, 5.74) is 1.60. The lowest BCUT2D eigenvalue weighted by molar-refractivity contribution is -0.153. The van der Waals surface area contributed by atoms with Gasteiger partial charge in [0.1, 0.15) is 12.1 Å². The van der Waals surface area contributed by atoms with Crippen LogP contribution in [0.4, 0.5) is 0 Å². The molecular formula is C23H36N2O4. The quantitative estimate of drug-likeness (QED) is 0.714. The minimum atomic E-state index is -0.579. The van der Waals surface area contributed by atoms with E-state index >= 15 is 0 Å². The van der Waals surface area contributed by atoms with E-state index in [0.717, 1.165) is 12.0 Å². The van der Waals surface area contributed by atoms with Gasteiger partial charge in [-0.15, -0.1) is 0 Å². The highest BCUT2D eigenvalue weighted by Crippen LogP contribution is 2.30. The van der Waals surface area contributed by atoms with Crippen molar-refractivity contribution in [3.63, 3.8) is 0 Å². The minimum Gasteiger partial charge on any atom is -0.467 e. The molecule has 2 aliphatic heterocycles. The van der Waals surface area contributed by atoms with E-state index in [1.807, 2.05) is 59.7 Å². The number of likely N-dealkylation sites (tertiary alicyclic amines) is 1. The van der Waals surface area contributed by atoms with E-state index in [1.165, 1.54) is 7.11 Å². The third kappa shape index (κ3) is 5.17. The molecule has 6 nitrogen and oxygen atoms in total. The third-order valence-electron chi connectivity index (χ3n) is 5.08. The van der Waals surface area contributed by atoms with Gasteiger partial charge in [0.2, 0.25) is 5.91 Å². The van der Waals surface area contributed by atoms with Crippen LogP contribution in [-0.4, -0.2) is 53.3 Å². The van der Waals surface area contributed by atoms with Crippen molar-refractivity contribution in [2.45, 2.75) is 73.0 Å². The van der Waals surface area contributed by atoms with Gasteiger partial charge in [-0.25, -0.2) is 4.79 Å². The van der Waals surface area contributed by atoms with Crippen LogP contribution in [0, 0.1) is 5.92 Å². The Morgan fingerprint density at radius 2 is 1.72 bits per heavy atom. The lowest BCUT2D eigenvalue weighted by Gasteiger charge is -2.34. The summed E-state index contributed by atoms with van der Waals surface area (Å²) in [6.45, 7) is 12.8. The fourth-order valence-corrected chi connectivity index (χ4v) is 3.86. The second-order valence-corrected chi connectivity index (χ2v) is 6.99. The van der Waals surface area contributed by atoms with Crippen LogP contribution in [0.2, 0.25) is 0 Å². The first-order valence-corrected chi connectivity index (χ1v) is 10.7. The molecule has 0 bridgehead atoms. The number of nitrogens with zero attached hydrogens (tertiary/aromatic N) is 2. The van der Waals surface area contributed by atoms with Crippen molar-refractivity contribution in [2.24, 2.45) is 5.92 Å². The molecule has 3 rings (SSSR count). The van der Waals surface area contributed by atoms with Crippen molar-refractivity contribution < 1.29 is 19.1 Å². The van der Waals surface area contributed by atoms with E-state index < -0.39 is 12.1 Å². The zero-order valence-corrected chi connectivity index (χ0v) is 18.9. The summed E-state index contributed by atoms with van der Waals surface area (Å²) >= 11 is 0. The first-order chi connectivity index (χ1) is 14.0. The Morgan fingerprint density at radius 1 is 1.10 bits per heavy atom. The van der Waals surface area contributed by atoms with Gasteiger partial charge in [-0.05, 0) is 30.4 Å². The number of esters is 1. The van der Waals surface area contributed by atoms with Crippen LogP contribution in [0.15, 0.2) is 24.3 Å². The van der Waals surface area contributed by atoms with Crippen LogP contribution < -0.4 is 0 Å². The summed E-state index contributed by atoms with van der Waals surface area (Å²) in [5, 5.41) is 0. The van der Waals surface area contributed by atoms with Gasteiger partial charge >= 0.3 is 5.97 Å². The molecule has 2 heterocycles. The molecular weight excluding hydrogens is 368 g/mol. The predicted molar refractivity (Wildman–Crippen MR) is 114 cm³/mol. The van der Waals surface area contributed by atoms with E-state index in [4.69, 9.17) is 4.74 Å². The molecule has 0 spiro atoms. The highest BCUT2D eigenvalue weighted by molar-refractivity contribution is 6.01. The fraction of sp³-hybridized carbons (Fsp3) is 0.609. The molecule has 0 radical (unpaired) electrons. The summed E-state index contributed by atoms with van der Waals surface area (Å²) in [7, 11) is 1.34. The number of hydrogen-bond acceptors (Lipinski definition) is 4. The van der Waals surface area contributed by atoms with Gasteiger partial charge in [-0.2, -0.15) is 0 Å². The maximum Gasteiger partial charge on any atom is 0.328 e. The molecule has 2 aliphatic rings. The minimum absolute atomic E-state index is 0.0512. The first-order valence-electron chi connectivity index (χ1n) is 10.7. The van der Waals surface area contributed by atoms with Crippen molar-refractivity contribution in [3.8, 4) is 0 Å². The lowest BCUT2D eigenvalue weighted by Crippen LogP contribution is -2.54. The van der Waals surface area contributed by atoms with Crippen LogP contribution in [0.3, 0.4) is 0 Å². The van der Waals surface area contributed by atoms with E-state index in [9.17, 15) is 14.4 Å². The van der Waals surface area contributed by atoms with E-state index in [1.54, 1.807) is 15.9 Å². The maximum atomic E-state index is 13.2. The number of ether oxygens (including phenoxy) is 1. The summed E-state index contributed by atoms with van der Waals surface area (Å²) < 4.78 is 4.84. The Hall–Kier alpha value is -2.37. The SMILES string of the molecule is CC.CC.COC(=O)C1CCCN1C(=O)C(C(C)C)N1Cc2ccccc2C1=O. The topological polar surface area (TPSA) is 66.9 Å². The molecule has 6 heteroatoms. The van der Waals surface area contributed by atoms with Gasteiger partial charge in [0.05, 0.1) is 7.11 Å². The molecule has 162 valence electrons. The number of carbonyl (C=O) groups is 3. The van der Waals surface area contributed by atoms with Gasteiger partial charge in [0, 0.05) is 18.7 Å². The highest BCUT2D eigenvalue weighted by atomic mass is 16.5. The number of amides is 2. The van der Waals surface area contributed by atoms with E-state index in [0.29, 0.717) is 25.1 Å². The largest absolute Gasteiger partial charge is 0.467 e. The molecule has 0 aromatic heterocycles. The van der Waals surface area contributed by atoms with Crippen LogP contribution in [0.1, 0.15) is 70.3 Å². The molecule has 1 aromatic carbocycles. The van der Waals surface area contributed by atoms with E-state index in [-0.39, 0.29) is 23.7 Å². The number of fused-ring (bicyclic) bond motifs is 1. The zero-order valence-electron chi connectivity index (χ0n) is 18.9. The van der Waals surface area contributed by atoms with Crippen molar-refractivity contribution in [2.75, 3.05) is 13.7 Å². The van der Waals surface area contributed by atoms with Crippen LogP contribution in [-0.2, 0) is 20.9 Å². The van der Waals surface area contributed by atoms with Gasteiger partial charge in [0.25, 0.3) is 5.91 Å². The normalized spacial score (nSPS) is 18.3. The molecule has 1 saturated heterocycles. The number of benzene rings is 1. The highest BCUT2D eigenvalue weighted by Gasteiger charge is 2.43. The number of rotatable bonds is 4. The van der Waals surface area contributed by atoms with Crippen molar-refractivity contribution >= 4 is 17.8 Å². The number of hydrogen-bond donors (Lipinski definition) is 0. The second-order valence-electron chi connectivity index (χ2n) is 6.99. The Bertz CT molecular complexity index is 702. The Labute approximate surface area is 175 Å². The molecule has 2 unspecified atom stereocenters. The number of methoxy groups -OCH3 is 1. The van der Waals surface area contributed by atoms with Gasteiger partial charge in [-0.1, -0.05) is 59.7 Å². The molecule has 1 aromatic rings. The zero-order chi connectivity index (χ0) is 22.1. The Morgan fingerprint density at radius 3 is 2.28 bits per heavy atom. The molecule has 0 aliphatic carbocycles. The van der Waals surface area contributed by atoms with Crippen LogP contribution >= 0.6 is 0 Å². The van der Waals surface area contributed by atoms with Crippen molar-refractivity contribution in [1.29, 1.82) is 0 Å². The molecule has 0 N–H and O–H groups in total. The fourth-order valence-electron chi connectivity index (χ4n) is 3.86. The van der Waals surface area contributed by atoms with Gasteiger partial charge in [-0.3, -0.25) is 9.59 Å². The summed E-state index contributed by atoms with van der Waals surface area (Å²) in [6, 6.07) is 6.33. The van der Waals surface area contributed by atoms with Crippen LogP contribution in [0.25, 0.3) is 0 Å². The molecule has 1 fully saturated rings. The molecule has 2 atom stereocenters. The summed E-state index contributed by atoms with van der Waals surface area (Å²) in [5.74, 6) is -0.713. The molecule has 29 heavy (non-hydrogen) atoms. The standard InChI is InChI=1S/C19H24N2O4.2C2H6/c1-12(2)16(18(23)20-10-6-9-15(20)19(24)25-3)21-11-13-7-4-5-8-14(13)17(21)22;2*1-2/h4-5,7-8,12,15-16H,6,9-11H2,1-3H3;2*1-2H3. The maximum absolute atomic E-state index is 13.2. The lowest BCUT2D eigenvalue weighted by atomic mass is 10.0. The van der Waals surface area contributed by atoms with Gasteiger partial charge in [0.15, 0.2) is 0 Å².